The number of ether oxygens (including phenoxy) is 1. The van der Waals surface area contributed by atoms with Crippen molar-refractivity contribution in [1.82, 2.24) is 15.1 Å². The minimum absolute atomic E-state index is 0.163. The molecule has 0 spiro atoms. The Kier molecular flexibility index (Phi) is 7.00. The number of carbonyl (C=O) groups is 2. The van der Waals surface area contributed by atoms with Crippen LogP contribution in [-0.2, 0) is 16.1 Å². The van der Waals surface area contributed by atoms with Crippen LogP contribution in [0.1, 0.15) is 56.9 Å². The molecule has 2 aliphatic heterocycles. The van der Waals surface area contributed by atoms with Gasteiger partial charge in [0.25, 0.3) is 0 Å². The second-order valence-corrected chi connectivity index (χ2v) is 10.3. The molecule has 3 fully saturated rings. The van der Waals surface area contributed by atoms with E-state index in [4.69, 9.17) is 4.74 Å². The van der Waals surface area contributed by atoms with Crippen molar-refractivity contribution in [2.24, 2.45) is 11.8 Å². The van der Waals surface area contributed by atoms with Crippen molar-refractivity contribution in [2.45, 2.75) is 70.0 Å². The monoisotopic (exact) mass is 451 g/mol. The average molecular weight is 452 g/mol. The van der Waals surface area contributed by atoms with Gasteiger partial charge < -0.3 is 15.0 Å². The molecule has 2 bridgehead atoms. The molecule has 2 saturated carbocycles. The number of carbonyl (C=O) groups excluding carboxylic acids is 2. The van der Waals surface area contributed by atoms with Gasteiger partial charge in [0.05, 0.1) is 6.54 Å². The highest BCUT2D eigenvalue weighted by atomic mass is 16.5. The number of benzene rings is 1. The van der Waals surface area contributed by atoms with Crippen LogP contribution in [0.4, 0.5) is 0 Å². The maximum absolute atomic E-state index is 13.4. The number of rotatable bonds is 4. The van der Waals surface area contributed by atoms with Crippen LogP contribution >= 0.6 is 0 Å². The maximum atomic E-state index is 13.4. The fraction of sp³-hybridized carbons (Fsp3) is 0.630. The number of hydrogen-bond donors (Lipinski definition) is 1. The van der Waals surface area contributed by atoms with E-state index in [1.807, 2.05) is 17.0 Å². The van der Waals surface area contributed by atoms with E-state index in [9.17, 15) is 9.59 Å². The Hall–Kier alpha value is -2.34. The summed E-state index contributed by atoms with van der Waals surface area (Å²) in [6.07, 6.45) is 12.7. The van der Waals surface area contributed by atoms with Gasteiger partial charge in [-0.2, -0.15) is 0 Å². The largest absolute Gasteiger partial charge is 0.489 e. The molecule has 2 amide bonds. The average Bonchev–Trinajstić information content (AvgIpc) is 3.44. The Morgan fingerprint density at radius 2 is 1.88 bits per heavy atom. The molecule has 1 aromatic carbocycles. The van der Waals surface area contributed by atoms with Crippen molar-refractivity contribution in [3.05, 3.63) is 42.0 Å². The van der Waals surface area contributed by atoms with E-state index in [1.165, 1.54) is 25.7 Å². The number of hydrogen-bond acceptors (Lipinski definition) is 4. The summed E-state index contributed by atoms with van der Waals surface area (Å²) in [5, 5.41) is 3.13. The SMILES string of the molecule is O=C(C[C@@H]1CCN2C[C@@H]1/C=C/COc1ccccc1CN(C1CCCC1)CC2=O)NC1CC1. The molecule has 2 atom stereocenters. The third-order valence-corrected chi connectivity index (χ3v) is 7.79. The van der Waals surface area contributed by atoms with E-state index < -0.39 is 0 Å². The Labute approximate surface area is 197 Å². The van der Waals surface area contributed by atoms with Gasteiger partial charge in [-0.1, -0.05) is 43.2 Å². The summed E-state index contributed by atoms with van der Waals surface area (Å²) in [5.41, 5.74) is 1.15. The van der Waals surface area contributed by atoms with Gasteiger partial charge in [0.2, 0.25) is 11.8 Å². The van der Waals surface area contributed by atoms with Crippen molar-refractivity contribution in [1.29, 1.82) is 0 Å². The zero-order valence-corrected chi connectivity index (χ0v) is 19.6. The third kappa shape index (κ3) is 5.78. The number of para-hydroxylation sites is 1. The number of nitrogens with zero attached hydrogens (tertiary/aromatic N) is 2. The summed E-state index contributed by atoms with van der Waals surface area (Å²) >= 11 is 0. The maximum Gasteiger partial charge on any atom is 0.236 e. The normalized spacial score (nSPS) is 28.1. The van der Waals surface area contributed by atoms with Crippen LogP contribution < -0.4 is 10.1 Å². The van der Waals surface area contributed by atoms with Gasteiger partial charge in [-0.3, -0.25) is 14.5 Å². The summed E-state index contributed by atoms with van der Waals surface area (Å²) < 4.78 is 6.16. The van der Waals surface area contributed by atoms with Gasteiger partial charge in [0.1, 0.15) is 12.4 Å². The fourth-order valence-electron chi connectivity index (χ4n) is 5.70. The minimum atomic E-state index is 0.163. The van der Waals surface area contributed by atoms with E-state index >= 15 is 0 Å². The van der Waals surface area contributed by atoms with Gasteiger partial charge in [0, 0.05) is 43.7 Å². The van der Waals surface area contributed by atoms with E-state index in [2.05, 4.69) is 34.5 Å². The van der Waals surface area contributed by atoms with Gasteiger partial charge >= 0.3 is 0 Å². The van der Waals surface area contributed by atoms with Crippen molar-refractivity contribution < 1.29 is 14.3 Å². The summed E-state index contributed by atoms with van der Waals surface area (Å²) in [6.45, 7) is 3.16. The third-order valence-electron chi connectivity index (χ3n) is 7.79. The summed E-state index contributed by atoms with van der Waals surface area (Å²) in [7, 11) is 0. The van der Waals surface area contributed by atoms with Gasteiger partial charge in [0.15, 0.2) is 0 Å². The lowest BCUT2D eigenvalue weighted by atomic mass is 9.82. The Bertz CT molecular complexity index is 875. The van der Waals surface area contributed by atoms with Gasteiger partial charge in [-0.15, -0.1) is 0 Å². The minimum Gasteiger partial charge on any atom is -0.489 e. The molecule has 6 heteroatoms. The molecule has 5 rings (SSSR count). The number of fused-ring (bicyclic) bond motifs is 3. The zero-order valence-electron chi connectivity index (χ0n) is 19.6. The molecular weight excluding hydrogens is 414 g/mol. The molecule has 0 unspecified atom stereocenters. The number of amides is 2. The Morgan fingerprint density at radius 1 is 1.06 bits per heavy atom. The Balaban J connectivity index is 1.35. The molecule has 2 heterocycles. The van der Waals surface area contributed by atoms with E-state index in [0.717, 1.165) is 43.7 Å². The summed E-state index contributed by atoms with van der Waals surface area (Å²) in [4.78, 5) is 30.3. The molecule has 4 aliphatic rings. The summed E-state index contributed by atoms with van der Waals surface area (Å²) in [5.74, 6) is 1.75. The van der Waals surface area contributed by atoms with Crippen molar-refractivity contribution in [3.63, 3.8) is 0 Å². The highest BCUT2D eigenvalue weighted by molar-refractivity contribution is 5.79. The fourth-order valence-corrected chi connectivity index (χ4v) is 5.70. The first kappa shape index (κ1) is 22.5. The lowest BCUT2D eigenvalue weighted by molar-refractivity contribution is -0.135. The van der Waals surface area contributed by atoms with E-state index in [0.29, 0.717) is 38.2 Å². The summed E-state index contributed by atoms with van der Waals surface area (Å²) in [6, 6.07) is 9.08. The quantitative estimate of drug-likeness (QED) is 0.712. The van der Waals surface area contributed by atoms with Gasteiger partial charge in [-0.25, -0.2) is 0 Å². The second-order valence-electron chi connectivity index (χ2n) is 10.3. The first-order valence-electron chi connectivity index (χ1n) is 12.8. The molecule has 178 valence electrons. The van der Waals surface area contributed by atoms with Crippen LogP contribution in [-0.4, -0.2) is 59.9 Å². The van der Waals surface area contributed by atoms with Crippen LogP contribution in [0.3, 0.4) is 0 Å². The topological polar surface area (TPSA) is 61.9 Å². The van der Waals surface area contributed by atoms with Crippen molar-refractivity contribution in [3.8, 4) is 5.75 Å². The highest BCUT2D eigenvalue weighted by Crippen LogP contribution is 2.31. The van der Waals surface area contributed by atoms with Crippen LogP contribution in [0.5, 0.6) is 5.75 Å². The molecule has 1 saturated heterocycles. The standard InChI is InChI=1S/C27H37N3O3/c31-26(28-23-11-12-23)16-20-13-14-29-17-21(20)7-5-15-33-25-10-4-1-6-22(25)18-30(19-27(29)32)24-8-2-3-9-24/h1,4-7,10,20-21,23-24H,2-3,8-9,11-19H2,(H,28,31)/b7-5+/t20-,21-/m0/s1. The lowest BCUT2D eigenvalue weighted by Crippen LogP contribution is -2.49. The predicted octanol–water partition coefficient (Wildman–Crippen LogP) is 3.51. The molecule has 1 N–H and O–H groups in total. The van der Waals surface area contributed by atoms with Crippen LogP contribution in [0.15, 0.2) is 36.4 Å². The highest BCUT2D eigenvalue weighted by Gasteiger charge is 2.34. The van der Waals surface area contributed by atoms with Crippen molar-refractivity contribution >= 4 is 11.8 Å². The second kappa shape index (κ2) is 10.3. The molecule has 1 aromatic rings. The first-order valence-corrected chi connectivity index (χ1v) is 12.8. The zero-order chi connectivity index (χ0) is 22.6. The van der Waals surface area contributed by atoms with Crippen LogP contribution in [0, 0.1) is 11.8 Å². The lowest BCUT2D eigenvalue weighted by Gasteiger charge is -2.38. The molecule has 0 aromatic heterocycles. The molecule has 0 radical (unpaired) electrons. The first-order chi connectivity index (χ1) is 16.2. The predicted molar refractivity (Wildman–Crippen MR) is 128 cm³/mol. The van der Waals surface area contributed by atoms with E-state index in [1.54, 1.807) is 0 Å². The number of nitrogens with one attached hydrogen (secondary N) is 1. The molecule has 2 aliphatic carbocycles. The van der Waals surface area contributed by atoms with E-state index in [-0.39, 0.29) is 23.7 Å². The van der Waals surface area contributed by atoms with Crippen LogP contribution in [0.25, 0.3) is 0 Å². The molecule has 33 heavy (non-hydrogen) atoms. The van der Waals surface area contributed by atoms with Gasteiger partial charge in [-0.05, 0) is 50.0 Å². The molecule has 6 nitrogen and oxygen atoms in total. The Morgan fingerprint density at radius 3 is 2.70 bits per heavy atom. The smallest absolute Gasteiger partial charge is 0.236 e. The van der Waals surface area contributed by atoms with Crippen LogP contribution in [0.2, 0.25) is 0 Å². The molecular formula is C27H37N3O3. The van der Waals surface area contributed by atoms with Crippen molar-refractivity contribution in [2.75, 3.05) is 26.2 Å². The number of piperidine rings is 1.